The molecule has 0 aromatic heterocycles. The van der Waals surface area contributed by atoms with Gasteiger partial charge in [0.25, 0.3) is 0 Å². The molecule has 0 saturated carbocycles. The molecular weight excluding hydrogens is 214 g/mol. The van der Waals surface area contributed by atoms with E-state index in [2.05, 4.69) is 27.7 Å². The van der Waals surface area contributed by atoms with Gasteiger partial charge in [0, 0.05) is 38.4 Å². The molecule has 0 amide bonds. The zero-order valence-electron chi connectivity index (χ0n) is 10.3. The number of nitrogens with one attached hydrogen (secondary N) is 2. The van der Waals surface area contributed by atoms with E-state index < -0.39 is 0 Å². The van der Waals surface area contributed by atoms with E-state index >= 15 is 0 Å². The number of ether oxygens (including phenoxy) is 1. The van der Waals surface area contributed by atoms with Gasteiger partial charge in [0.15, 0.2) is 0 Å². The Labute approximate surface area is 102 Å². The fraction of sp³-hybridized carbons (Fsp3) is 0.538. The number of hydrogen-bond acceptors (Lipinski definition) is 4. The van der Waals surface area contributed by atoms with E-state index in [0.29, 0.717) is 0 Å². The number of benzene rings is 1. The Hall–Kier alpha value is -1.42. The second-order valence-corrected chi connectivity index (χ2v) is 4.60. The Bertz CT molecular complexity index is 413. The Morgan fingerprint density at radius 3 is 2.76 bits per heavy atom. The molecule has 2 aliphatic rings. The minimum absolute atomic E-state index is 1.01. The number of anilines is 2. The maximum absolute atomic E-state index is 5.53. The molecule has 0 spiro atoms. The zero-order chi connectivity index (χ0) is 11.7. The van der Waals surface area contributed by atoms with E-state index in [1.165, 1.54) is 16.9 Å². The second kappa shape index (κ2) is 4.45. The number of nitrogens with zero attached hydrogens (tertiary/aromatic N) is 1. The molecule has 1 aromatic carbocycles. The van der Waals surface area contributed by atoms with Crippen LogP contribution in [0.1, 0.15) is 5.56 Å². The fourth-order valence-electron chi connectivity index (χ4n) is 2.63. The lowest BCUT2D eigenvalue weighted by molar-refractivity contribution is 0.412. The molecule has 1 fully saturated rings. The maximum Gasteiger partial charge on any atom is 0.142 e. The third kappa shape index (κ3) is 1.93. The molecule has 1 aromatic rings. The number of piperazine rings is 1. The molecule has 0 unspecified atom stereocenters. The van der Waals surface area contributed by atoms with Crippen molar-refractivity contribution in [2.24, 2.45) is 0 Å². The minimum Gasteiger partial charge on any atom is -0.495 e. The Kier molecular flexibility index (Phi) is 2.81. The van der Waals surface area contributed by atoms with Gasteiger partial charge in [0.05, 0.1) is 12.8 Å². The number of fused-ring (bicyclic) bond motifs is 1. The van der Waals surface area contributed by atoms with Crippen molar-refractivity contribution >= 4 is 11.4 Å². The zero-order valence-corrected chi connectivity index (χ0v) is 10.3. The van der Waals surface area contributed by atoms with E-state index in [4.69, 9.17) is 4.74 Å². The van der Waals surface area contributed by atoms with Crippen LogP contribution in [0, 0.1) is 0 Å². The fourth-order valence-corrected chi connectivity index (χ4v) is 2.63. The van der Waals surface area contributed by atoms with Crippen molar-refractivity contribution < 1.29 is 4.74 Å². The average molecular weight is 233 g/mol. The van der Waals surface area contributed by atoms with Gasteiger partial charge < -0.3 is 20.3 Å². The summed E-state index contributed by atoms with van der Waals surface area (Å²) >= 11 is 0. The minimum atomic E-state index is 1.01. The summed E-state index contributed by atoms with van der Waals surface area (Å²) in [6.45, 7) is 5.25. The van der Waals surface area contributed by atoms with Crippen molar-refractivity contribution in [1.29, 1.82) is 0 Å². The third-order valence-electron chi connectivity index (χ3n) is 3.57. The quantitative estimate of drug-likeness (QED) is 0.801. The monoisotopic (exact) mass is 233 g/mol. The van der Waals surface area contributed by atoms with E-state index in [1.807, 2.05) is 0 Å². The van der Waals surface area contributed by atoms with E-state index in [9.17, 15) is 0 Å². The summed E-state index contributed by atoms with van der Waals surface area (Å²) in [7, 11) is 1.76. The highest BCUT2D eigenvalue weighted by atomic mass is 16.5. The van der Waals surface area contributed by atoms with Crippen LogP contribution in [0.5, 0.6) is 5.75 Å². The van der Waals surface area contributed by atoms with Gasteiger partial charge in [-0.05, 0) is 24.1 Å². The van der Waals surface area contributed by atoms with Crippen LogP contribution in [0.4, 0.5) is 11.4 Å². The summed E-state index contributed by atoms with van der Waals surface area (Å²) in [6, 6.07) is 4.43. The first kappa shape index (κ1) is 10.7. The molecule has 4 nitrogen and oxygen atoms in total. The van der Waals surface area contributed by atoms with Crippen molar-refractivity contribution in [1.82, 2.24) is 5.32 Å². The molecule has 92 valence electrons. The molecule has 0 aliphatic carbocycles. The van der Waals surface area contributed by atoms with Crippen molar-refractivity contribution in [3.05, 3.63) is 17.7 Å². The predicted molar refractivity (Wildman–Crippen MR) is 70.3 cm³/mol. The summed E-state index contributed by atoms with van der Waals surface area (Å²) in [5.74, 6) is 1.01. The van der Waals surface area contributed by atoms with E-state index in [1.54, 1.807) is 7.11 Å². The molecule has 1 saturated heterocycles. The second-order valence-electron chi connectivity index (χ2n) is 4.60. The van der Waals surface area contributed by atoms with Crippen LogP contribution >= 0.6 is 0 Å². The molecular formula is C13H19N3O. The smallest absolute Gasteiger partial charge is 0.142 e. The SMILES string of the molecule is COc1cc2c(cc1N1CCNCC1)NCC2. The van der Waals surface area contributed by atoms with Gasteiger partial charge in [-0.15, -0.1) is 0 Å². The van der Waals surface area contributed by atoms with Gasteiger partial charge in [0.1, 0.15) is 5.75 Å². The van der Waals surface area contributed by atoms with E-state index in [0.717, 1.165) is 44.9 Å². The Balaban J connectivity index is 1.96. The summed E-state index contributed by atoms with van der Waals surface area (Å²) in [4.78, 5) is 2.40. The first-order valence-electron chi connectivity index (χ1n) is 6.29. The van der Waals surface area contributed by atoms with Crippen LogP contribution in [0.15, 0.2) is 12.1 Å². The van der Waals surface area contributed by atoms with Gasteiger partial charge in [-0.25, -0.2) is 0 Å². The molecule has 2 N–H and O–H groups in total. The molecule has 0 atom stereocenters. The van der Waals surface area contributed by atoms with Crippen LogP contribution in [0.2, 0.25) is 0 Å². The highest BCUT2D eigenvalue weighted by molar-refractivity contribution is 5.71. The Morgan fingerprint density at radius 2 is 2.00 bits per heavy atom. The molecule has 2 heterocycles. The average Bonchev–Trinajstić information content (AvgIpc) is 2.85. The first-order chi connectivity index (χ1) is 8.38. The van der Waals surface area contributed by atoms with Crippen LogP contribution in [0.25, 0.3) is 0 Å². The van der Waals surface area contributed by atoms with Gasteiger partial charge in [-0.2, -0.15) is 0 Å². The van der Waals surface area contributed by atoms with Crippen LogP contribution in [0.3, 0.4) is 0 Å². The van der Waals surface area contributed by atoms with E-state index in [-0.39, 0.29) is 0 Å². The van der Waals surface area contributed by atoms with Crippen LogP contribution in [-0.4, -0.2) is 39.8 Å². The highest BCUT2D eigenvalue weighted by Crippen LogP contribution is 2.36. The van der Waals surface area contributed by atoms with Gasteiger partial charge in [0.2, 0.25) is 0 Å². The normalized spacial score (nSPS) is 18.8. The lowest BCUT2D eigenvalue weighted by Crippen LogP contribution is -2.43. The van der Waals surface area contributed by atoms with Crippen LogP contribution in [-0.2, 0) is 6.42 Å². The first-order valence-corrected chi connectivity index (χ1v) is 6.29. The number of hydrogen-bond donors (Lipinski definition) is 2. The van der Waals surface area contributed by atoms with Gasteiger partial charge >= 0.3 is 0 Å². The lowest BCUT2D eigenvalue weighted by atomic mass is 10.1. The molecule has 0 radical (unpaired) electrons. The summed E-state index contributed by atoms with van der Waals surface area (Å²) < 4.78 is 5.53. The summed E-state index contributed by atoms with van der Waals surface area (Å²) in [5.41, 5.74) is 3.88. The molecule has 3 rings (SSSR count). The van der Waals surface area contributed by atoms with Crippen LogP contribution < -0.4 is 20.3 Å². The van der Waals surface area contributed by atoms with Crippen molar-refractivity contribution in [3.63, 3.8) is 0 Å². The number of rotatable bonds is 2. The maximum atomic E-state index is 5.53. The van der Waals surface area contributed by atoms with Crippen molar-refractivity contribution in [3.8, 4) is 5.75 Å². The lowest BCUT2D eigenvalue weighted by Gasteiger charge is -2.31. The van der Waals surface area contributed by atoms with Crippen molar-refractivity contribution in [2.45, 2.75) is 6.42 Å². The molecule has 4 heteroatoms. The third-order valence-corrected chi connectivity index (χ3v) is 3.57. The molecule has 0 bridgehead atoms. The summed E-state index contributed by atoms with van der Waals surface area (Å²) in [6.07, 6.45) is 1.10. The van der Waals surface area contributed by atoms with Gasteiger partial charge in [-0.3, -0.25) is 0 Å². The largest absolute Gasteiger partial charge is 0.495 e. The topological polar surface area (TPSA) is 36.5 Å². The van der Waals surface area contributed by atoms with Gasteiger partial charge in [-0.1, -0.05) is 0 Å². The highest BCUT2D eigenvalue weighted by Gasteiger charge is 2.19. The molecule has 17 heavy (non-hydrogen) atoms. The molecule has 2 aliphatic heterocycles. The standard InChI is InChI=1S/C13H19N3O/c1-17-13-8-10-2-3-15-11(10)9-12(13)16-6-4-14-5-7-16/h8-9,14-15H,2-7H2,1H3. The Morgan fingerprint density at radius 1 is 1.18 bits per heavy atom. The van der Waals surface area contributed by atoms with Crippen molar-refractivity contribution in [2.75, 3.05) is 50.1 Å². The summed E-state index contributed by atoms with van der Waals surface area (Å²) in [5, 5.41) is 6.81. The predicted octanol–water partition coefficient (Wildman–Crippen LogP) is 1.07. The number of methoxy groups -OCH3 is 1.